The molecule has 31 heavy (non-hydrogen) atoms. The number of anilines is 1. The standard InChI is InChI=1S/C21H18ClF4N3O2/c1-12(28(2)20(31)27-13-7-8-18(23)17(22)9-13)16-10-29(11-21(24,25)26)19(30)15-6-4-3-5-14(15)16/h3-10,12H,11H2,1-2H3,(H,27,31)/t12-/m0/s1. The van der Waals surface area contributed by atoms with Crippen LogP contribution in [-0.4, -0.2) is 28.7 Å². The number of nitrogens with one attached hydrogen (secondary N) is 1. The van der Waals surface area contributed by atoms with E-state index in [0.29, 0.717) is 15.5 Å². The van der Waals surface area contributed by atoms with E-state index >= 15 is 0 Å². The Bertz CT molecular complexity index is 1190. The van der Waals surface area contributed by atoms with Crippen LogP contribution in [0.15, 0.2) is 53.5 Å². The van der Waals surface area contributed by atoms with Crippen molar-refractivity contribution < 1.29 is 22.4 Å². The van der Waals surface area contributed by atoms with Crippen molar-refractivity contribution in [3.05, 3.63) is 75.4 Å². The summed E-state index contributed by atoms with van der Waals surface area (Å²) in [5.41, 5.74) is -0.145. The molecule has 3 rings (SSSR count). The zero-order chi connectivity index (χ0) is 22.9. The van der Waals surface area contributed by atoms with Crippen molar-refractivity contribution >= 4 is 34.1 Å². The number of rotatable bonds is 4. The number of aromatic nitrogens is 1. The predicted octanol–water partition coefficient (Wildman–Crippen LogP) is 5.58. The number of fused-ring (bicyclic) bond motifs is 1. The van der Waals surface area contributed by atoms with E-state index in [4.69, 9.17) is 11.6 Å². The van der Waals surface area contributed by atoms with Gasteiger partial charge in [-0.1, -0.05) is 29.8 Å². The van der Waals surface area contributed by atoms with Crippen molar-refractivity contribution in [1.82, 2.24) is 9.47 Å². The second-order valence-corrected chi connectivity index (χ2v) is 7.43. The van der Waals surface area contributed by atoms with Crippen LogP contribution in [0.5, 0.6) is 0 Å². The number of carbonyl (C=O) groups excluding carboxylic acids is 1. The fourth-order valence-electron chi connectivity index (χ4n) is 3.19. The molecule has 0 saturated carbocycles. The molecule has 2 aromatic carbocycles. The molecule has 10 heteroatoms. The van der Waals surface area contributed by atoms with Gasteiger partial charge in [0, 0.05) is 24.3 Å². The third kappa shape index (κ3) is 4.99. The van der Waals surface area contributed by atoms with Gasteiger partial charge in [0.2, 0.25) is 0 Å². The fourth-order valence-corrected chi connectivity index (χ4v) is 3.37. The first-order valence-corrected chi connectivity index (χ1v) is 9.53. The first-order chi connectivity index (χ1) is 14.5. The van der Waals surface area contributed by atoms with Crippen molar-refractivity contribution in [1.29, 1.82) is 0 Å². The second-order valence-electron chi connectivity index (χ2n) is 7.02. The highest BCUT2D eigenvalue weighted by atomic mass is 35.5. The normalized spacial score (nSPS) is 12.6. The van der Waals surface area contributed by atoms with Gasteiger partial charge in [-0.25, -0.2) is 9.18 Å². The Kier molecular flexibility index (Phi) is 6.26. The fraction of sp³-hybridized carbons (Fsp3) is 0.238. The number of amides is 2. The highest BCUT2D eigenvalue weighted by Crippen LogP contribution is 2.28. The Labute approximate surface area is 179 Å². The molecule has 1 heterocycles. The number of benzene rings is 2. The van der Waals surface area contributed by atoms with Gasteiger partial charge in [0.25, 0.3) is 5.56 Å². The Morgan fingerprint density at radius 1 is 1.19 bits per heavy atom. The van der Waals surface area contributed by atoms with Gasteiger partial charge < -0.3 is 14.8 Å². The second kappa shape index (κ2) is 8.58. The Balaban J connectivity index is 1.97. The highest BCUT2D eigenvalue weighted by molar-refractivity contribution is 6.31. The van der Waals surface area contributed by atoms with Gasteiger partial charge in [-0.2, -0.15) is 13.2 Å². The lowest BCUT2D eigenvalue weighted by Gasteiger charge is -2.27. The van der Waals surface area contributed by atoms with E-state index in [2.05, 4.69) is 5.32 Å². The Morgan fingerprint density at radius 3 is 2.45 bits per heavy atom. The van der Waals surface area contributed by atoms with E-state index in [1.54, 1.807) is 25.1 Å². The summed E-state index contributed by atoms with van der Waals surface area (Å²) in [5, 5.41) is 2.96. The molecule has 0 bridgehead atoms. The quantitative estimate of drug-likeness (QED) is 0.522. The average Bonchev–Trinajstić information content (AvgIpc) is 2.71. The summed E-state index contributed by atoms with van der Waals surface area (Å²) in [6.45, 7) is 0.182. The zero-order valence-corrected chi connectivity index (χ0v) is 17.3. The molecule has 0 fully saturated rings. The van der Waals surface area contributed by atoms with Crippen LogP contribution in [0.3, 0.4) is 0 Å². The lowest BCUT2D eigenvalue weighted by atomic mass is 10.0. The molecule has 164 valence electrons. The zero-order valence-electron chi connectivity index (χ0n) is 16.5. The molecule has 0 spiro atoms. The molecule has 0 unspecified atom stereocenters. The van der Waals surface area contributed by atoms with Gasteiger partial charge in [0.05, 0.1) is 11.1 Å². The number of nitrogens with zero attached hydrogens (tertiary/aromatic N) is 2. The van der Waals surface area contributed by atoms with E-state index in [0.717, 1.165) is 12.3 Å². The SMILES string of the molecule is C[C@@H](c1cn(CC(F)(F)F)c(=O)c2ccccc12)N(C)C(=O)Nc1ccc(F)c(Cl)c1. The first-order valence-electron chi connectivity index (χ1n) is 9.15. The molecular weight excluding hydrogens is 438 g/mol. The van der Waals surface area contributed by atoms with E-state index in [-0.39, 0.29) is 16.1 Å². The van der Waals surface area contributed by atoms with Crippen LogP contribution in [0.1, 0.15) is 18.5 Å². The highest BCUT2D eigenvalue weighted by Gasteiger charge is 2.30. The van der Waals surface area contributed by atoms with Crippen molar-refractivity contribution in [2.45, 2.75) is 25.7 Å². The van der Waals surface area contributed by atoms with E-state index < -0.39 is 36.2 Å². The van der Waals surface area contributed by atoms with Gasteiger partial charge in [0.15, 0.2) is 0 Å². The predicted molar refractivity (Wildman–Crippen MR) is 111 cm³/mol. The lowest BCUT2D eigenvalue weighted by Crippen LogP contribution is -2.35. The minimum Gasteiger partial charge on any atom is -0.321 e. The van der Waals surface area contributed by atoms with Crippen LogP contribution < -0.4 is 10.9 Å². The summed E-state index contributed by atoms with van der Waals surface area (Å²) < 4.78 is 52.8. The number of alkyl halides is 3. The lowest BCUT2D eigenvalue weighted by molar-refractivity contribution is -0.141. The number of pyridine rings is 1. The van der Waals surface area contributed by atoms with Gasteiger partial charge in [-0.3, -0.25) is 4.79 Å². The summed E-state index contributed by atoms with van der Waals surface area (Å²) in [4.78, 5) is 26.4. The molecule has 0 aliphatic rings. The molecule has 3 aromatic rings. The molecule has 0 aliphatic heterocycles. The molecule has 0 saturated heterocycles. The minimum absolute atomic E-state index is 0.121. The summed E-state index contributed by atoms with van der Waals surface area (Å²) in [5.74, 6) is -0.639. The van der Waals surface area contributed by atoms with E-state index in [1.165, 1.54) is 30.1 Å². The third-order valence-corrected chi connectivity index (χ3v) is 5.19. The van der Waals surface area contributed by atoms with Gasteiger partial charge in [-0.05, 0) is 42.1 Å². The van der Waals surface area contributed by atoms with Crippen LogP contribution in [0.25, 0.3) is 10.8 Å². The maximum Gasteiger partial charge on any atom is 0.406 e. The van der Waals surface area contributed by atoms with Gasteiger partial charge in [0.1, 0.15) is 12.4 Å². The van der Waals surface area contributed by atoms with Crippen LogP contribution in [0.4, 0.5) is 28.0 Å². The van der Waals surface area contributed by atoms with Gasteiger partial charge >= 0.3 is 12.2 Å². The summed E-state index contributed by atoms with van der Waals surface area (Å²) in [7, 11) is 1.46. The van der Waals surface area contributed by atoms with Crippen LogP contribution >= 0.6 is 11.6 Å². The maximum absolute atomic E-state index is 13.3. The Morgan fingerprint density at radius 2 is 1.84 bits per heavy atom. The minimum atomic E-state index is -4.59. The largest absolute Gasteiger partial charge is 0.406 e. The third-order valence-electron chi connectivity index (χ3n) is 4.90. The molecule has 0 radical (unpaired) electrons. The number of carbonyl (C=O) groups is 1. The van der Waals surface area contributed by atoms with Crippen molar-refractivity contribution in [2.24, 2.45) is 0 Å². The smallest absolute Gasteiger partial charge is 0.321 e. The van der Waals surface area contributed by atoms with Gasteiger partial charge in [-0.15, -0.1) is 0 Å². The van der Waals surface area contributed by atoms with Crippen LogP contribution in [-0.2, 0) is 6.54 Å². The molecule has 2 amide bonds. The number of halogens is 5. The summed E-state index contributed by atoms with van der Waals surface area (Å²) in [6, 6.07) is 8.67. The summed E-state index contributed by atoms with van der Waals surface area (Å²) in [6.07, 6.45) is -3.46. The topological polar surface area (TPSA) is 54.3 Å². The average molecular weight is 456 g/mol. The first kappa shape index (κ1) is 22.6. The van der Waals surface area contributed by atoms with Crippen molar-refractivity contribution in [3.8, 4) is 0 Å². The number of hydrogen-bond acceptors (Lipinski definition) is 2. The molecule has 1 atom stereocenters. The monoisotopic (exact) mass is 455 g/mol. The van der Waals surface area contributed by atoms with Crippen LogP contribution in [0, 0.1) is 5.82 Å². The molecule has 1 aromatic heterocycles. The van der Waals surface area contributed by atoms with E-state index in [9.17, 15) is 27.2 Å². The molecular formula is C21H18ClF4N3O2. The number of urea groups is 1. The molecule has 0 aliphatic carbocycles. The van der Waals surface area contributed by atoms with Crippen molar-refractivity contribution in [3.63, 3.8) is 0 Å². The molecule has 1 N–H and O–H groups in total. The summed E-state index contributed by atoms with van der Waals surface area (Å²) >= 11 is 5.72. The number of hydrogen-bond donors (Lipinski definition) is 1. The maximum atomic E-state index is 13.3. The van der Waals surface area contributed by atoms with Crippen molar-refractivity contribution in [2.75, 3.05) is 12.4 Å². The van der Waals surface area contributed by atoms with Crippen LogP contribution in [0.2, 0.25) is 5.02 Å². The Hall–Kier alpha value is -3.07. The van der Waals surface area contributed by atoms with E-state index in [1.807, 2.05) is 0 Å². The molecule has 5 nitrogen and oxygen atoms in total.